The van der Waals surface area contributed by atoms with Crippen molar-refractivity contribution in [3.05, 3.63) is 34.3 Å². The van der Waals surface area contributed by atoms with E-state index in [1.807, 2.05) is 19.4 Å². The smallest absolute Gasteiger partial charge is 0.224 e. The number of hydrogen-bond donors (Lipinski definition) is 1. The molecule has 2 aromatic rings. The normalized spacial score (nSPS) is 18.7. The third-order valence-electron chi connectivity index (χ3n) is 4.33. The highest BCUT2D eigenvalue weighted by Crippen LogP contribution is 2.17. The number of H-pyrrole nitrogens is 1. The summed E-state index contributed by atoms with van der Waals surface area (Å²) in [5, 5.41) is 2.88. The third-order valence-corrected chi connectivity index (χ3v) is 5.09. The largest absolute Gasteiger partial charge is 0.378 e. The first-order valence-corrected chi connectivity index (χ1v) is 8.94. The number of aromatic amines is 1. The number of aryl methyl sites for hydroxylation is 1. The van der Waals surface area contributed by atoms with Crippen LogP contribution in [-0.2, 0) is 22.6 Å². The quantitative estimate of drug-likeness (QED) is 0.854. The molecule has 1 aliphatic rings. The highest BCUT2D eigenvalue weighted by molar-refractivity contribution is 7.09. The Balaban J connectivity index is 1.58. The molecule has 0 saturated carbocycles. The topological polar surface area (TPSA) is 74.4 Å². The molecule has 0 aromatic carbocycles. The van der Waals surface area contributed by atoms with Gasteiger partial charge in [0.2, 0.25) is 5.91 Å². The second-order valence-electron chi connectivity index (χ2n) is 6.05. The van der Waals surface area contributed by atoms with Crippen molar-refractivity contribution in [1.82, 2.24) is 24.8 Å². The SMILES string of the molecule is Cc1[nH]cnc1CN1CCOC[C@H]1CC(=O)N(C)Cc1nccs1. The lowest BCUT2D eigenvalue weighted by atomic mass is 10.1. The summed E-state index contributed by atoms with van der Waals surface area (Å²) in [4.78, 5) is 28.3. The lowest BCUT2D eigenvalue weighted by Crippen LogP contribution is -2.47. The lowest BCUT2D eigenvalue weighted by molar-refractivity contribution is -0.133. The fourth-order valence-corrected chi connectivity index (χ4v) is 3.47. The van der Waals surface area contributed by atoms with Gasteiger partial charge in [-0.05, 0) is 6.92 Å². The molecular weight excluding hydrogens is 326 g/mol. The zero-order chi connectivity index (χ0) is 16.9. The predicted molar refractivity (Wildman–Crippen MR) is 91.5 cm³/mol. The number of carbonyl (C=O) groups is 1. The zero-order valence-electron chi connectivity index (χ0n) is 14.1. The second kappa shape index (κ2) is 7.87. The minimum atomic E-state index is 0.0843. The van der Waals surface area contributed by atoms with E-state index in [4.69, 9.17) is 4.74 Å². The summed E-state index contributed by atoms with van der Waals surface area (Å²) in [7, 11) is 1.83. The minimum absolute atomic E-state index is 0.0843. The van der Waals surface area contributed by atoms with Crippen LogP contribution in [0.2, 0.25) is 0 Å². The molecular formula is C16H23N5O2S. The number of aromatic nitrogens is 3. The van der Waals surface area contributed by atoms with E-state index in [2.05, 4.69) is 19.9 Å². The van der Waals surface area contributed by atoms with Crippen LogP contribution in [0.1, 0.15) is 22.8 Å². The van der Waals surface area contributed by atoms with Gasteiger partial charge in [0.25, 0.3) is 0 Å². The van der Waals surface area contributed by atoms with Crippen molar-refractivity contribution in [3.8, 4) is 0 Å². The fourth-order valence-electron chi connectivity index (χ4n) is 2.80. The Morgan fingerprint density at radius 1 is 1.54 bits per heavy atom. The molecule has 130 valence electrons. The maximum Gasteiger partial charge on any atom is 0.224 e. The number of nitrogens with one attached hydrogen (secondary N) is 1. The molecule has 1 N–H and O–H groups in total. The number of amides is 1. The Labute approximate surface area is 145 Å². The number of nitrogens with zero attached hydrogens (tertiary/aromatic N) is 4. The predicted octanol–water partition coefficient (Wildman–Crippen LogP) is 1.42. The van der Waals surface area contributed by atoms with Crippen LogP contribution in [0.3, 0.4) is 0 Å². The maximum absolute atomic E-state index is 12.6. The van der Waals surface area contributed by atoms with E-state index in [0.717, 1.165) is 29.5 Å². The van der Waals surface area contributed by atoms with Crippen LogP contribution >= 0.6 is 11.3 Å². The van der Waals surface area contributed by atoms with E-state index in [9.17, 15) is 4.79 Å². The van der Waals surface area contributed by atoms with Gasteiger partial charge in [-0.15, -0.1) is 11.3 Å². The molecule has 0 radical (unpaired) electrons. The fraction of sp³-hybridized carbons (Fsp3) is 0.562. The standard InChI is InChI=1S/C16H23N5O2S/c1-12-14(19-11-18-12)8-21-4-5-23-10-13(21)7-16(22)20(2)9-15-17-3-6-24-15/h3,6,11,13H,4-5,7-10H2,1-2H3,(H,18,19)/t13-/m1/s1. The summed E-state index contributed by atoms with van der Waals surface area (Å²) in [5.74, 6) is 0.115. The van der Waals surface area contributed by atoms with Crippen LogP contribution in [0.5, 0.6) is 0 Å². The Bertz CT molecular complexity index is 657. The van der Waals surface area contributed by atoms with Crippen molar-refractivity contribution < 1.29 is 9.53 Å². The minimum Gasteiger partial charge on any atom is -0.378 e. The number of rotatable bonds is 6. The van der Waals surface area contributed by atoms with Crippen LogP contribution < -0.4 is 0 Å². The zero-order valence-corrected chi connectivity index (χ0v) is 14.9. The van der Waals surface area contributed by atoms with E-state index in [-0.39, 0.29) is 11.9 Å². The van der Waals surface area contributed by atoms with Crippen LogP contribution in [-0.4, -0.2) is 63.5 Å². The summed E-state index contributed by atoms with van der Waals surface area (Å²) in [6.07, 6.45) is 3.93. The van der Waals surface area contributed by atoms with Crippen molar-refractivity contribution >= 4 is 17.2 Å². The van der Waals surface area contributed by atoms with Gasteiger partial charge in [0.05, 0.1) is 31.8 Å². The average molecular weight is 349 g/mol. The summed E-state index contributed by atoms with van der Waals surface area (Å²) >= 11 is 1.57. The van der Waals surface area contributed by atoms with Crippen molar-refractivity contribution in [2.24, 2.45) is 0 Å². The summed E-state index contributed by atoms with van der Waals surface area (Å²) in [6.45, 7) is 5.42. The number of imidazole rings is 1. The van der Waals surface area contributed by atoms with Gasteiger partial charge in [-0.2, -0.15) is 0 Å². The summed E-state index contributed by atoms with van der Waals surface area (Å²) in [6, 6.07) is 0.0843. The Hall–Kier alpha value is -1.77. The first-order chi connectivity index (χ1) is 11.6. The monoisotopic (exact) mass is 349 g/mol. The van der Waals surface area contributed by atoms with Crippen LogP contribution in [0.15, 0.2) is 17.9 Å². The van der Waals surface area contributed by atoms with E-state index in [1.165, 1.54) is 0 Å². The van der Waals surface area contributed by atoms with Crippen LogP contribution in [0.4, 0.5) is 0 Å². The molecule has 3 rings (SSSR count). The third kappa shape index (κ3) is 4.19. The van der Waals surface area contributed by atoms with Crippen molar-refractivity contribution in [2.45, 2.75) is 32.5 Å². The first-order valence-electron chi connectivity index (χ1n) is 8.06. The molecule has 1 amide bonds. The lowest BCUT2D eigenvalue weighted by Gasteiger charge is -2.35. The molecule has 1 fully saturated rings. The van der Waals surface area contributed by atoms with Gasteiger partial charge in [0.15, 0.2) is 0 Å². The average Bonchev–Trinajstić information content (AvgIpc) is 3.21. The van der Waals surface area contributed by atoms with E-state index in [1.54, 1.807) is 28.8 Å². The molecule has 0 bridgehead atoms. The molecule has 3 heterocycles. The summed E-state index contributed by atoms with van der Waals surface area (Å²) in [5.41, 5.74) is 2.11. The molecule has 0 spiro atoms. The molecule has 1 aliphatic heterocycles. The van der Waals surface area contributed by atoms with Crippen LogP contribution in [0, 0.1) is 6.92 Å². The molecule has 1 saturated heterocycles. The van der Waals surface area contributed by atoms with Crippen LogP contribution in [0.25, 0.3) is 0 Å². The van der Waals surface area contributed by atoms with Gasteiger partial charge in [0, 0.05) is 49.9 Å². The molecule has 1 atom stereocenters. The van der Waals surface area contributed by atoms with Gasteiger partial charge >= 0.3 is 0 Å². The number of morpholine rings is 1. The summed E-state index contributed by atoms with van der Waals surface area (Å²) < 4.78 is 5.60. The van der Waals surface area contributed by atoms with Crippen molar-refractivity contribution in [3.63, 3.8) is 0 Å². The second-order valence-corrected chi connectivity index (χ2v) is 7.03. The van der Waals surface area contributed by atoms with Gasteiger partial charge in [-0.3, -0.25) is 9.69 Å². The van der Waals surface area contributed by atoms with E-state index >= 15 is 0 Å². The van der Waals surface area contributed by atoms with Gasteiger partial charge in [-0.1, -0.05) is 0 Å². The van der Waals surface area contributed by atoms with Gasteiger partial charge in [-0.25, -0.2) is 9.97 Å². The van der Waals surface area contributed by atoms with E-state index in [0.29, 0.717) is 26.2 Å². The molecule has 2 aromatic heterocycles. The van der Waals surface area contributed by atoms with Gasteiger partial charge in [0.1, 0.15) is 5.01 Å². The Morgan fingerprint density at radius 3 is 3.12 bits per heavy atom. The number of thiazole rings is 1. The molecule has 7 nitrogen and oxygen atoms in total. The van der Waals surface area contributed by atoms with Crippen molar-refractivity contribution in [1.29, 1.82) is 0 Å². The molecule has 0 aliphatic carbocycles. The number of hydrogen-bond acceptors (Lipinski definition) is 6. The first kappa shape index (κ1) is 17.1. The molecule has 24 heavy (non-hydrogen) atoms. The number of carbonyl (C=O) groups excluding carboxylic acids is 1. The Kier molecular flexibility index (Phi) is 5.60. The van der Waals surface area contributed by atoms with Crippen molar-refractivity contribution in [2.75, 3.05) is 26.8 Å². The highest BCUT2D eigenvalue weighted by Gasteiger charge is 2.27. The number of ether oxygens (including phenoxy) is 1. The highest BCUT2D eigenvalue weighted by atomic mass is 32.1. The molecule has 0 unspecified atom stereocenters. The Morgan fingerprint density at radius 2 is 2.42 bits per heavy atom. The van der Waals surface area contributed by atoms with E-state index < -0.39 is 0 Å². The molecule has 8 heteroatoms. The maximum atomic E-state index is 12.6. The van der Waals surface area contributed by atoms with Gasteiger partial charge < -0.3 is 14.6 Å².